The van der Waals surface area contributed by atoms with Crippen molar-refractivity contribution < 1.29 is 18.7 Å². The Kier molecular flexibility index (Phi) is 5.47. The van der Waals surface area contributed by atoms with E-state index in [0.29, 0.717) is 41.1 Å². The monoisotopic (exact) mass is 406 g/mol. The number of nitrogens with one attached hydrogen (secondary N) is 2. The quantitative estimate of drug-likeness (QED) is 0.633. The molecule has 2 amide bonds. The molecule has 8 nitrogen and oxygen atoms in total. The van der Waals surface area contributed by atoms with Crippen molar-refractivity contribution in [3.05, 3.63) is 59.2 Å². The van der Waals surface area contributed by atoms with Crippen molar-refractivity contribution in [1.82, 2.24) is 10.4 Å². The van der Waals surface area contributed by atoms with Crippen LogP contribution in [0.4, 0.5) is 10.5 Å². The Morgan fingerprint density at radius 3 is 2.90 bits per heavy atom. The third-order valence-corrected chi connectivity index (χ3v) is 4.97. The lowest BCUT2D eigenvalue weighted by molar-refractivity contribution is 0.0994. The van der Waals surface area contributed by atoms with Gasteiger partial charge in [0.2, 0.25) is 0 Å². The fourth-order valence-electron chi connectivity index (χ4n) is 3.66. The number of fused-ring (bicyclic) bond motifs is 2. The normalized spacial score (nSPS) is 14.4. The molecule has 1 aliphatic rings. The summed E-state index contributed by atoms with van der Waals surface area (Å²) in [6, 6.07) is 9.40. The molecular weight excluding hydrogens is 384 g/mol. The summed E-state index contributed by atoms with van der Waals surface area (Å²) in [5.74, 6) is 0.584. The zero-order chi connectivity index (χ0) is 21.1. The zero-order valence-corrected chi connectivity index (χ0v) is 16.8. The number of benzene rings is 1. The fraction of sp³-hybridized carbons (Fsp3) is 0.273. The first kappa shape index (κ1) is 19.6. The van der Waals surface area contributed by atoms with Crippen molar-refractivity contribution in [2.75, 3.05) is 11.9 Å². The molecule has 0 radical (unpaired) electrons. The molecule has 1 aliphatic carbocycles. The van der Waals surface area contributed by atoms with E-state index in [4.69, 9.17) is 9.15 Å². The molecule has 2 N–H and O–H groups in total. The van der Waals surface area contributed by atoms with Crippen molar-refractivity contribution >= 4 is 34.3 Å². The maximum Gasteiger partial charge on any atom is 0.427 e. The SMILES string of the molecule is CCOC(=O)N/N=C1\CCCc2oc(C(=O)Nc3cccc4cccnc34)c(C)c21. The van der Waals surface area contributed by atoms with Gasteiger partial charge in [0.05, 0.1) is 23.5 Å². The number of rotatable bonds is 4. The lowest BCUT2D eigenvalue weighted by Gasteiger charge is -2.13. The number of para-hydroxylation sites is 1. The first-order valence-electron chi connectivity index (χ1n) is 9.85. The second kappa shape index (κ2) is 8.36. The minimum atomic E-state index is -0.611. The molecule has 8 heteroatoms. The van der Waals surface area contributed by atoms with Crippen LogP contribution in [0.15, 0.2) is 46.0 Å². The van der Waals surface area contributed by atoms with Crippen molar-refractivity contribution in [3.63, 3.8) is 0 Å². The number of hydrogen-bond acceptors (Lipinski definition) is 6. The minimum absolute atomic E-state index is 0.235. The molecule has 30 heavy (non-hydrogen) atoms. The Bertz CT molecular complexity index is 1140. The third kappa shape index (κ3) is 3.76. The molecule has 0 aliphatic heterocycles. The van der Waals surface area contributed by atoms with E-state index in [0.717, 1.165) is 17.4 Å². The molecule has 0 unspecified atom stereocenters. The average molecular weight is 406 g/mol. The summed E-state index contributed by atoms with van der Waals surface area (Å²) in [6.07, 6.45) is 3.28. The van der Waals surface area contributed by atoms with Gasteiger partial charge in [-0.1, -0.05) is 18.2 Å². The van der Waals surface area contributed by atoms with Crippen LogP contribution in [-0.2, 0) is 11.2 Å². The number of carbonyl (C=O) groups excluding carboxylic acids is 2. The van der Waals surface area contributed by atoms with Crippen LogP contribution in [0.25, 0.3) is 10.9 Å². The molecule has 2 heterocycles. The highest BCUT2D eigenvalue weighted by Crippen LogP contribution is 2.31. The predicted octanol–water partition coefficient (Wildman–Crippen LogP) is 4.18. The lowest BCUT2D eigenvalue weighted by atomic mass is 9.93. The maximum absolute atomic E-state index is 13.0. The van der Waals surface area contributed by atoms with Gasteiger partial charge < -0.3 is 14.5 Å². The van der Waals surface area contributed by atoms with Crippen LogP contribution >= 0.6 is 0 Å². The van der Waals surface area contributed by atoms with E-state index in [2.05, 4.69) is 20.8 Å². The van der Waals surface area contributed by atoms with Gasteiger partial charge in [0.15, 0.2) is 5.76 Å². The van der Waals surface area contributed by atoms with Crippen LogP contribution in [0.3, 0.4) is 0 Å². The fourth-order valence-corrected chi connectivity index (χ4v) is 3.66. The van der Waals surface area contributed by atoms with Gasteiger partial charge in [0, 0.05) is 29.1 Å². The topological polar surface area (TPSA) is 106 Å². The lowest BCUT2D eigenvalue weighted by Crippen LogP contribution is -2.22. The van der Waals surface area contributed by atoms with Crippen molar-refractivity contribution in [2.45, 2.75) is 33.1 Å². The number of aromatic nitrogens is 1. The number of aryl methyl sites for hydroxylation is 1. The summed E-state index contributed by atoms with van der Waals surface area (Å²) >= 11 is 0. The summed E-state index contributed by atoms with van der Waals surface area (Å²) < 4.78 is 10.8. The molecule has 0 saturated carbocycles. The summed E-state index contributed by atoms with van der Waals surface area (Å²) in [4.78, 5) is 28.9. The number of nitrogens with zero attached hydrogens (tertiary/aromatic N) is 2. The van der Waals surface area contributed by atoms with Crippen LogP contribution in [-0.4, -0.2) is 29.3 Å². The van der Waals surface area contributed by atoms with Crippen LogP contribution < -0.4 is 10.7 Å². The predicted molar refractivity (Wildman–Crippen MR) is 113 cm³/mol. The molecule has 0 bridgehead atoms. The Labute approximate surface area is 173 Å². The number of hydrogen-bond donors (Lipinski definition) is 2. The minimum Gasteiger partial charge on any atom is -0.455 e. The number of pyridine rings is 1. The Morgan fingerprint density at radius 1 is 1.23 bits per heavy atom. The van der Waals surface area contributed by atoms with E-state index in [9.17, 15) is 9.59 Å². The van der Waals surface area contributed by atoms with Crippen molar-refractivity contribution in [1.29, 1.82) is 0 Å². The number of carbonyl (C=O) groups is 2. The number of furan rings is 1. The average Bonchev–Trinajstić information content (AvgIpc) is 3.10. The van der Waals surface area contributed by atoms with E-state index in [1.165, 1.54) is 0 Å². The molecule has 0 saturated heterocycles. The van der Waals surface area contributed by atoms with Gasteiger partial charge >= 0.3 is 6.09 Å². The molecule has 0 fully saturated rings. The largest absolute Gasteiger partial charge is 0.455 e. The first-order chi connectivity index (χ1) is 14.6. The number of amides is 2. The second-order valence-electron chi connectivity index (χ2n) is 6.93. The molecular formula is C22H22N4O4. The van der Waals surface area contributed by atoms with Crippen LogP contribution in [0.2, 0.25) is 0 Å². The van der Waals surface area contributed by atoms with Crippen LogP contribution in [0.5, 0.6) is 0 Å². The highest BCUT2D eigenvalue weighted by Gasteiger charge is 2.28. The third-order valence-electron chi connectivity index (χ3n) is 4.97. The summed E-state index contributed by atoms with van der Waals surface area (Å²) in [5.41, 5.74) is 5.87. The first-order valence-corrected chi connectivity index (χ1v) is 9.85. The Morgan fingerprint density at radius 2 is 2.07 bits per heavy atom. The molecule has 1 aromatic carbocycles. The van der Waals surface area contributed by atoms with E-state index in [1.807, 2.05) is 37.3 Å². The highest BCUT2D eigenvalue weighted by atomic mass is 16.5. The smallest absolute Gasteiger partial charge is 0.427 e. The van der Waals surface area contributed by atoms with Crippen LogP contribution in [0.1, 0.15) is 47.2 Å². The van der Waals surface area contributed by atoms with Gasteiger partial charge in [0.25, 0.3) is 5.91 Å². The van der Waals surface area contributed by atoms with E-state index >= 15 is 0 Å². The molecule has 154 valence electrons. The Hall–Kier alpha value is -3.68. The highest BCUT2D eigenvalue weighted by molar-refractivity contribution is 6.11. The Balaban J connectivity index is 1.62. The van der Waals surface area contributed by atoms with E-state index in [-0.39, 0.29) is 18.3 Å². The van der Waals surface area contributed by atoms with Gasteiger partial charge in [-0.3, -0.25) is 9.78 Å². The standard InChI is InChI=1S/C22H22N4O4/c1-3-29-22(28)26-25-15-9-5-11-17-18(15)13(2)20(30-17)21(27)24-16-10-4-7-14-8-6-12-23-19(14)16/h4,6-8,10,12H,3,5,9,11H2,1-2H3,(H,24,27)(H,26,28)/b25-15+. The number of anilines is 1. The number of ether oxygens (including phenoxy) is 1. The molecule has 3 aromatic rings. The maximum atomic E-state index is 13.0. The zero-order valence-electron chi connectivity index (χ0n) is 16.8. The van der Waals surface area contributed by atoms with Gasteiger partial charge in [0.1, 0.15) is 5.76 Å². The van der Waals surface area contributed by atoms with Crippen LogP contribution in [0, 0.1) is 6.92 Å². The molecule has 0 atom stereocenters. The molecule has 0 spiro atoms. The van der Waals surface area contributed by atoms with Gasteiger partial charge in [-0.25, -0.2) is 10.2 Å². The van der Waals surface area contributed by atoms with Gasteiger partial charge in [-0.05, 0) is 38.8 Å². The van der Waals surface area contributed by atoms with Crippen molar-refractivity contribution in [3.8, 4) is 0 Å². The molecule has 4 rings (SSSR count). The number of hydrazone groups is 1. The van der Waals surface area contributed by atoms with Gasteiger partial charge in [-0.15, -0.1) is 0 Å². The second-order valence-corrected chi connectivity index (χ2v) is 6.93. The van der Waals surface area contributed by atoms with Gasteiger partial charge in [-0.2, -0.15) is 5.10 Å². The van der Waals surface area contributed by atoms with Crippen molar-refractivity contribution in [2.24, 2.45) is 5.10 Å². The van der Waals surface area contributed by atoms with E-state index < -0.39 is 6.09 Å². The molecule has 2 aromatic heterocycles. The summed E-state index contributed by atoms with van der Waals surface area (Å²) in [5, 5.41) is 8.04. The van der Waals surface area contributed by atoms with E-state index in [1.54, 1.807) is 13.1 Å². The summed E-state index contributed by atoms with van der Waals surface area (Å²) in [7, 11) is 0. The summed E-state index contributed by atoms with van der Waals surface area (Å²) in [6.45, 7) is 3.81.